The molecule has 0 aliphatic rings. The van der Waals surface area contributed by atoms with Crippen molar-refractivity contribution >= 4 is 22.6 Å². The molecule has 0 aromatic heterocycles. The van der Waals surface area contributed by atoms with Crippen LogP contribution in [0.15, 0.2) is 24.3 Å². The fourth-order valence-electron chi connectivity index (χ4n) is 0.708. The first kappa shape index (κ1) is 8.96. The molecular weight excluding hydrogens is 255 g/mol. The molecule has 0 unspecified atom stereocenters. The number of hydrogen-bond donors (Lipinski definition) is 0. The van der Waals surface area contributed by atoms with Gasteiger partial charge in [0.05, 0.1) is 7.11 Å². The quantitative estimate of drug-likeness (QED) is 0.474. The molecule has 0 radical (unpaired) electrons. The highest BCUT2D eigenvalue weighted by atomic mass is 127. The van der Waals surface area contributed by atoms with E-state index in [1.807, 2.05) is 24.3 Å². The third-order valence-corrected chi connectivity index (χ3v) is 1.98. The Morgan fingerprint density at radius 3 is 2.45 bits per heavy atom. The monoisotopic (exact) mass is 264 g/mol. The highest BCUT2D eigenvalue weighted by molar-refractivity contribution is 14.1. The van der Waals surface area contributed by atoms with Gasteiger partial charge in [-0.15, -0.1) is 0 Å². The normalized spacial score (nSPS) is 10.0. The summed E-state index contributed by atoms with van der Waals surface area (Å²) >= 11 is 2.26. The first-order chi connectivity index (χ1) is 5.33. The Morgan fingerprint density at radius 2 is 1.91 bits per heavy atom. The molecule has 1 aromatic rings. The third kappa shape index (κ3) is 3.18. The van der Waals surface area contributed by atoms with Crippen molar-refractivity contribution < 1.29 is 9.78 Å². The van der Waals surface area contributed by atoms with E-state index in [-0.39, 0.29) is 0 Å². The largest absolute Gasteiger partial charge is 0.240 e. The minimum atomic E-state index is 0.507. The van der Waals surface area contributed by atoms with E-state index in [0.717, 1.165) is 5.56 Å². The predicted molar refractivity (Wildman–Crippen MR) is 51.0 cm³/mol. The second-order valence-electron chi connectivity index (χ2n) is 2.06. The summed E-state index contributed by atoms with van der Waals surface area (Å²) in [6.45, 7) is 0.507. The summed E-state index contributed by atoms with van der Waals surface area (Å²) in [6.07, 6.45) is 0. The lowest BCUT2D eigenvalue weighted by Crippen LogP contribution is -1.90. The zero-order valence-electron chi connectivity index (χ0n) is 6.21. The van der Waals surface area contributed by atoms with E-state index < -0.39 is 0 Å². The van der Waals surface area contributed by atoms with E-state index in [1.54, 1.807) is 0 Å². The van der Waals surface area contributed by atoms with Crippen molar-refractivity contribution in [3.63, 3.8) is 0 Å². The predicted octanol–water partition coefficient (Wildman–Crippen LogP) is 2.37. The van der Waals surface area contributed by atoms with Gasteiger partial charge in [0.15, 0.2) is 0 Å². The van der Waals surface area contributed by atoms with E-state index in [9.17, 15) is 0 Å². The third-order valence-electron chi connectivity index (χ3n) is 1.26. The van der Waals surface area contributed by atoms with Crippen LogP contribution < -0.4 is 0 Å². The molecule has 0 atom stereocenters. The maximum absolute atomic E-state index is 4.76. The molecule has 0 spiro atoms. The van der Waals surface area contributed by atoms with Gasteiger partial charge < -0.3 is 0 Å². The lowest BCUT2D eigenvalue weighted by atomic mass is 10.2. The van der Waals surface area contributed by atoms with Crippen molar-refractivity contribution in [3.8, 4) is 0 Å². The smallest absolute Gasteiger partial charge is 0.107 e. The van der Waals surface area contributed by atoms with E-state index in [2.05, 4.69) is 27.5 Å². The first-order valence-electron chi connectivity index (χ1n) is 3.23. The summed E-state index contributed by atoms with van der Waals surface area (Å²) in [5.41, 5.74) is 1.12. The number of rotatable bonds is 3. The fraction of sp³-hybridized carbons (Fsp3) is 0.250. The van der Waals surface area contributed by atoms with Gasteiger partial charge >= 0.3 is 0 Å². The van der Waals surface area contributed by atoms with Crippen LogP contribution in [0.25, 0.3) is 0 Å². The summed E-state index contributed by atoms with van der Waals surface area (Å²) in [5, 5.41) is 0. The summed E-state index contributed by atoms with van der Waals surface area (Å²) in [4.78, 5) is 9.23. The molecule has 0 amide bonds. The van der Waals surface area contributed by atoms with Gasteiger partial charge in [-0.1, -0.05) is 12.1 Å². The maximum Gasteiger partial charge on any atom is 0.107 e. The average molecular weight is 264 g/mol. The Labute approximate surface area is 79.6 Å². The topological polar surface area (TPSA) is 18.5 Å². The van der Waals surface area contributed by atoms with Crippen LogP contribution in [0.4, 0.5) is 0 Å². The first-order valence-corrected chi connectivity index (χ1v) is 4.31. The molecule has 11 heavy (non-hydrogen) atoms. The van der Waals surface area contributed by atoms with Crippen LogP contribution in [-0.2, 0) is 16.4 Å². The molecule has 1 rings (SSSR count). The van der Waals surface area contributed by atoms with Crippen LogP contribution in [-0.4, -0.2) is 7.11 Å². The zero-order valence-corrected chi connectivity index (χ0v) is 8.37. The summed E-state index contributed by atoms with van der Waals surface area (Å²) < 4.78 is 1.23. The SMILES string of the molecule is COOCc1ccc(I)cc1. The molecule has 0 aliphatic heterocycles. The summed E-state index contributed by atoms with van der Waals surface area (Å²) in [6, 6.07) is 8.10. The van der Waals surface area contributed by atoms with Crippen LogP contribution in [0.1, 0.15) is 5.56 Å². The van der Waals surface area contributed by atoms with Gasteiger partial charge in [-0.2, -0.15) is 0 Å². The molecule has 0 heterocycles. The molecule has 3 heteroatoms. The Bertz CT molecular complexity index is 208. The lowest BCUT2D eigenvalue weighted by molar-refractivity contribution is -0.282. The van der Waals surface area contributed by atoms with Gasteiger partial charge in [-0.25, -0.2) is 9.78 Å². The molecule has 0 bridgehead atoms. The molecule has 0 saturated heterocycles. The standard InChI is InChI=1S/C8H9IO2/c1-10-11-6-7-2-4-8(9)5-3-7/h2-5H,6H2,1H3. The Hall–Kier alpha value is -0.130. The molecule has 0 saturated carbocycles. The van der Waals surface area contributed by atoms with Gasteiger partial charge in [0, 0.05) is 3.57 Å². The van der Waals surface area contributed by atoms with Gasteiger partial charge in [-0.3, -0.25) is 0 Å². The van der Waals surface area contributed by atoms with Crippen molar-refractivity contribution in [2.24, 2.45) is 0 Å². The van der Waals surface area contributed by atoms with Crippen LogP contribution in [0.3, 0.4) is 0 Å². The number of halogens is 1. The maximum atomic E-state index is 4.76. The minimum Gasteiger partial charge on any atom is -0.240 e. The Kier molecular flexibility index (Phi) is 3.82. The van der Waals surface area contributed by atoms with Gasteiger partial charge in [0.1, 0.15) is 6.61 Å². The van der Waals surface area contributed by atoms with Crippen molar-refractivity contribution in [1.82, 2.24) is 0 Å². The zero-order chi connectivity index (χ0) is 8.10. The molecule has 1 aromatic carbocycles. The van der Waals surface area contributed by atoms with Crippen molar-refractivity contribution in [1.29, 1.82) is 0 Å². The van der Waals surface area contributed by atoms with Crippen molar-refractivity contribution in [2.45, 2.75) is 6.61 Å². The molecule has 0 N–H and O–H groups in total. The van der Waals surface area contributed by atoms with Gasteiger partial charge in [0.25, 0.3) is 0 Å². The van der Waals surface area contributed by atoms with Crippen LogP contribution in [0, 0.1) is 3.57 Å². The molecule has 2 nitrogen and oxygen atoms in total. The number of hydrogen-bond acceptors (Lipinski definition) is 2. The summed E-state index contributed by atoms with van der Waals surface area (Å²) in [7, 11) is 1.51. The van der Waals surface area contributed by atoms with E-state index >= 15 is 0 Å². The molecule has 0 fully saturated rings. The van der Waals surface area contributed by atoms with E-state index in [0.29, 0.717) is 6.61 Å². The minimum absolute atomic E-state index is 0.507. The van der Waals surface area contributed by atoms with Crippen molar-refractivity contribution in [3.05, 3.63) is 33.4 Å². The number of benzene rings is 1. The van der Waals surface area contributed by atoms with Crippen LogP contribution in [0.5, 0.6) is 0 Å². The fourth-order valence-corrected chi connectivity index (χ4v) is 1.07. The highest BCUT2D eigenvalue weighted by Crippen LogP contribution is 2.07. The van der Waals surface area contributed by atoms with Crippen molar-refractivity contribution in [2.75, 3.05) is 7.11 Å². The average Bonchev–Trinajstić information content (AvgIpc) is 2.04. The molecule has 60 valence electrons. The van der Waals surface area contributed by atoms with Gasteiger partial charge in [0.2, 0.25) is 0 Å². The highest BCUT2D eigenvalue weighted by Gasteiger charge is 1.91. The lowest BCUT2D eigenvalue weighted by Gasteiger charge is -1.99. The van der Waals surface area contributed by atoms with E-state index in [1.165, 1.54) is 10.7 Å². The Morgan fingerprint density at radius 1 is 1.27 bits per heavy atom. The summed E-state index contributed by atoms with van der Waals surface area (Å²) in [5.74, 6) is 0. The van der Waals surface area contributed by atoms with Crippen LogP contribution >= 0.6 is 22.6 Å². The molecule has 0 aliphatic carbocycles. The second-order valence-corrected chi connectivity index (χ2v) is 3.30. The molecular formula is C8H9IO2. The van der Waals surface area contributed by atoms with Crippen LogP contribution in [0.2, 0.25) is 0 Å². The second kappa shape index (κ2) is 4.69. The van der Waals surface area contributed by atoms with Gasteiger partial charge in [-0.05, 0) is 40.3 Å². The Balaban J connectivity index is 2.52. The van der Waals surface area contributed by atoms with E-state index in [4.69, 9.17) is 4.89 Å².